The third-order valence-electron chi connectivity index (χ3n) is 7.13. The van der Waals surface area contributed by atoms with Gasteiger partial charge in [-0.1, -0.05) is 34.7 Å². The summed E-state index contributed by atoms with van der Waals surface area (Å²) in [6.07, 6.45) is 0.483. The molecule has 180 valence electrons. The van der Waals surface area contributed by atoms with Gasteiger partial charge in [-0.2, -0.15) is 0 Å². The summed E-state index contributed by atoms with van der Waals surface area (Å²) in [6.45, 7) is 2.51. The van der Waals surface area contributed by atoms with E-state index in [-0.39, 0.29) is 31.4 Å². The lowest BCUT2D eigenvalue weighted by Crippen LogP contribution is -2.56. The molecule has 2 fully saturated rings. The average Bonchev–Trinajstić information content (AvgIpc) is 3.19. The van der Waals surface area contributed by atoms with Crippen LogP contribution in [-0.4, -0.2) is 91.3 Å². The molecule has 2 aromatic rings. The highest BCUT2D eigenvalue weighted by atomic mass is 16.5. The molecule has 0 saturated carbocycles. The van der Waals surface area contributed by atoms with Crippen molar-refractivity contribution in [1.29, 1.82) is 0 Å². The van der Waals surface area contributed by atoms with Crippen molar-refractivity contribution in [3.05, 3.63) is 52.6 Å². The van der Waals surface area contributed by atoms with Gasteiger partial charge < -0.3 is 19.3 Å². The number of nitrogens with zero attached hydrogens (tertiary/aromatic N) is 2. The number of fused-ring (bicyclic) bond motifs is 1. The topological polar surface area (TPSA) is 88.2 Å². The first kappa shape index (κ1) is 25.7. The molecule has 1 unspecified atom stereocenters. The van der Waals surface area contributed by atoms with Gasteiger partial charge in [0.2, 0.25) is 11.8 Å². The summed E-state index contributed by atoms with van der Waals surface area (Å²) < 4.78 is 11.5. The van der Waals surface area contributed by atoms with Gasteiger partial charge >= 0.3 is 0 Å². The van der Waals surface area contributed by atoms with E-state index in [1.807, 2.05) is 4.90 Å². The number of ether oxygens (including phenoxy) is 2. The fourth-order valence-corrected chi connectivity index (χ4v) is 5.24. The van der Waals surface area contributed by atoms with E-state index in [0.717, 1.165) is 0 Å². The van der Waals surface area contributed by atoms with Crippen molar-refractivity contribution in [2.75, 3.05) is 26.3 Å². The van der Waals surface area contributed by atoms with Crippen molar-refractivity contribution in [2.45, 2.75) is 37.4 Å². The molecule has 0 spiro atoms. The standard InChI is InChI=1S/C25H23B4N3O5/c26-17-10-14(11-18(27)22(17)25(28,29)31-6-8-36-9-7-31)13-37-20-3-1-2-15-16(20)12-32(24(15)35)19-4-5-21(33)30-23(19)34/h1-3,10-11,19H,4-9,12-13H2,(H,30,33,34). The number of carbonyl (C=O) groups excluding carboxylic acids is 3. The van der Waals surface area contributed by atoms with Gasteiger partial charge in [-0.3, -0.25) is 19.7 Å². The lowest BCUT2D eigenvalue weighted by molar-refractivity contribution is -0.136. The Hall–Kier alpha value is -2.97. The van der Waals surface area contributed by atoms with Gasteiger partial charge in [0.25, 0.3) is 5.91 Å². The van der Waals surface area contributed by atoms with Crippen LogP contribution in [0.5, 0.6) is 5.75 Å². The predicted octanol–water partition coefficient (Wildman–Crippen LogP) is -1.61. The molecular formula is C25H23B4N3O5. The summed E-state index contributed by atoms with van der Waals surface area (Å²) in [5.74, 6) is -0.537. The molecule has 3 amide bonds. The Morgan fingerprint density at radius 3 is 2.46 bits per heavy atom. The second-order valence-corrected chi connectivity index (χ2v) is 9.54. The number of benzene rings is 2. The van der Waals surface area contributed by atoms with Crippen molar-refractivity contribution in [2.24, 2.45) is 0 Å². The molecule has 0 aromatic heterocycles. The summed E-state index contributed by atoms with van der Waals surface area (Å²) in [4.78, 5) is 40.3. The monoisotopic (exact) mass is 489 g/mol. The van der Waals surface area contributed by atoms with Crippen molar-refractivity contribution in [3.8, 4) is 5.75 Å². The molecular weight excluding hydrogens is 466 g/mol. The molecule has 1 N–H and O–H groups in total. The fourth-order valence-electron chi connectivity index (χ4n) is 5.24. The largest absolute Gasteiger partial charge is 0.489 e. The highest BCUT2D eigenvalue weighted by molar-refractivity contribution is 6.47. The summed E-state index contributed by atoms with van der Waals surface area (Å²) in [5, 5.41) is 0.958. The number of hydrogen-bond donors (Lipinski definition) is 1. The van der Waals surface area contributed by atoms with Crippen LogP contribution in [0.25, 0.3) is 0 Å². The number of hydrogen-bond acceptors (Lipinski definition) is 6. The number of nitrogens with one attached hydrogen (secondary N) is 1. The highest BCUT2D eigenvalue weighted by Gasteiger charge is 2.40. The molecule has 0 aliphatic carbocycles. The van der Waals surface area contributed by atoms with E-state index in [1.165, 1.54) is 4.90 Å². The second kappa shape index (κ2) is 10.1. The van der Waals surface area contributed by atoms with E-state index >= 15 is 0 Å². The van der Waals surface area contributed by atoms with Crippen molar-refractivity contribution in [1.82, 2.24) is 15.1 Å². The molecule has 8 radical (unpaired) electrons. The maximum absolute atomic E-state index is 13.0. The van der Waals surface area contributed by atoms with Crippen LogP contribution >= 0.6 is 0 Å². The van der Waals surface area contributed by atoms with Crippen LogP contribution < -0.4 is 21.0 Å². The van der Waals surface area contributed by atoms with E-state index in [0.29, 0.717) is 71.7 Å². The summed E-state index contributed by atoms with van der Waals surface area (Å²) >= 11 is 0. The van der Waals surface area contributed by atoms with E-state index < -0.39 is 17.3 Å². The molecule has 1 atom stereocenters. The first-order valence-corrected chi connectivity index (χ1v) is 12.1. The minimum Gasteiger partial charge on any atom is -0.489 e. The van der Waals surface area contributed by atoms with Gasteiger partial charge in [0.1, 0.15) is 34.1 Å². The molecule has 37 heavy (non-hydrogen) atoms. The van der Waals surface area contributed by atoms with Crippen LogP contribution in [0.1, 0.15) is 39.9 Å². The summed E-state index contributed by atoms with van der Waals surface area (Å²) in [5.41, 5.74) is 3.02. The molecule has 3 aliphatic rings. The van der Waals surface area contributed by atoms with Crippen molar-refractivity contribution < 1.29 is 23.9 Å². The van der Waals surface area contributed by atoms with Crippen LogP contribution in [0.2, 0.25) is 0 Å². The molecule has 2 saturated heterocycles. The van der Waals surface area contributed by atoms with E-state index in [2.05, 4.69) is 5.32 Å². The Morgan fingerprint density at radius 1 is 1.08 bits per heavy atom. The lowest BCUT2D eigenvalue weighted by atomic mass is 9.52. The van der Waals surface area contributed by atoms with E-state index in [4.69, 9.17) is 40.9 Å². The smallest absolute Gasteiger partial charge is 0.255 e. The van der Waals surface area contributed by atoms with Gasteiger partial charge in [-0.15, -0.1) is 0 Å². The van der Waals surface area contributed by atoms with Crippen LogP contribution in [0, 0.1) is 0 Å². The highest BCUT2D eigenvalue weighted by Crippen LogP contribution is 2.34. The fraction of sp³-hybridized carbons (Fsp3) is 0.400. The number of rotatable bonds is 6. The Labute approximate surface area is 221 Å². The first-order chi connectivity index (χ1) is 17.7. The van der Waals surface area contributed by atoms with Gasteiger partial charge in [-0.05, 0) is 29.5 Å². The molecule has 3 heterocycles. The van der Waals surface area contributed by atoms with Gasteiger partial charge in [0.05, 0.1) is 35.5 Å². The zero-order valence-electron chi connectivity index (χ0n) is 20.4. The Morgan fingerprint density at radius 2 is 1.78 bits per heavy atom. The SMILES string of the molecule is [B]c1cc(COc2cccc3c2CN(C2CCC(=O)NC2=O)C3=O)cc([B])c1C([B])([B])N1CCOCC1. The Balaban J connectivity index is 1.32. The van der Waals surface area contributed by atoms with Gasteiger partial charge in [0.15, 0.2) is 0 Å². The number of amides is 3. The normalized spacial score (nSPS) is 20.6. The number of imide groups is 1. The Bertz CT molecular complexity index is 1240. The third kappa shape index (κ3) is 4.84. The first-order valence-electron chi connectivity index (χ1n) is 12.1. The number of carbonyl (C=O) groups is 3. The predicted molar refractivity (Wildman–Crippen MR) is 140 cm³/mol. The van der Waals surface area contributed by atoms with E-state index in [1.54, 1.807) is 30.3 Å². The summed E-state index contributed by atoms with van der Waals surface area (Å²) in [7, 11) is 25.6. The molecule has 5 rings (SSSR count). The molecule has 2 aromatic carbocycles. The van der Waals surface area contributed by atoms with E-state index in [9.17, 15) is 14.4 Å². The number of piperidine rings is 1. The minimum atomic E-state index is -1.35. The number of morpholine rings is 1. The van der Waals surface area contributed by atoms with Crippen LogP contribution in [0.15, 0.2) is 30.3 Å². The zero-order valence-corrected chi connectivity index (χ0v) is 20.4. The molecule has 0 bridgehead atoms. The average molecular weight is 489 g/mol. The molecule has 12 heteroatoms. The lowest BCUT2D eigenvalue weighted by Gasteiger charge is -2.44. The Kier molecular flexibility index (Phi) is 6.98. The van der Waals surface area contributed by atoms with Crippen molar-refractivity contribution in [3.63, 3.8) is 0 Å². The maximum atomic E-state index is 13.0. The van der Waals surface area contributed by atoms with Crippen LogP contribution in [0.4, 0.5) is 0 Å². The zero-order chi connectivity index (χ0) is 26.3. The minimum absolute atomic E-state index is 0.136. The van der Waals surface area contributed by atoms with Crippen LogP contribution in [0.3, 0.4) is 0 Å². The van der Waals surface area contributed by atoms with Gasteiger partial charge in [0, 0.05) is 30.6 Å². The quantitative estimate of drug-likeness (QED) is 0.389. The molecule has 3 aliphatic heterocycles. The summed E-state index contributed by atoms with van der Waals surface area (Å²) in [6, 6.07) is 7.96. The third-order valence-corrected chi connectivity index (χ3v) is 7.13. The maximum Gasteiger partial charge on any atom is 0.255 e. The van der Waals surface area contributed by atoms with Gasteiger partial charge in [-0.25, -0.2) is 0 Å². The van der Waals surface area contributed by atoms with Crippen molar-refractivity contribution >= 4 is 60.0 Å². The van der Waals surface area contributed by atoms with Crippen LogP contribution in [-0.2, 0) is 32.8 Å². The second-order valence-electron chi connectivity index (χ2n) is 9.54. The molecule has 8 nitrogen and oxygen atoms in total.